The molecule has 0 fully saturated rings. The minimum Gasteiger partial charge on any atom is -0.346 e. The topological polar surface area (TPSA) is 81.3 Å². The SMILES string of the molecule is CC(=O)c1cn(CCC(=O)N[C@@H](C)c2nnc3ccccn23)c2ccccc12. The fraction of sp³-hybridized carbons (Fsp3) is 0.238. The van der Waals surface area contributed by atoms with E-state index in [1.807, 2.05) is 70.7 Å². The van der Waals surface area contributed by atoms with Crippen LogP contribution < -0.4 is 5.32 Å². The molecule has 0 aliphatic rings. The van der Waals surface area contributed by atoms with E-state index >= 15 is 0 Å². The number of aryl methyl sites for hydroxylation is 1. The maximum absolute atomic E-state index is 12.5. The summed E-state index contributed by atoms with van der Waals surface area (Å²) in [5.74, 6) is 0.628. The number of amides is 1. The first-order chi connectivity index (χ1) is 13.5. The molecule has 1 aromatic carbocycles. The average molecular weight is 375 g/mol. The van der Waals surface area contributed by atoms with Crippen molar-refractivity contribution in [3.63, 3.8) is 0 Å². The third-order valence-corrected chi connectivity index (χ3v) is 4.85. The van der Waals surface area contributed by atoms with E-state index in [1.165, 1.54) is 0 Å². The Bertz CT molecular complexity index is 1170. The molecule has 0 aliphatic heterocycles. The molecule has 142 valence electrons. The summed E-state index contributed by atoms with van der Waals surface area (Å²) in [5.41, 5.74) is 2.38. The first-order valence-corrected chi connectivity index (χ1v) is 9.22. The van der Waals surface area contributed by atoms with Gasteiger partial charge in [-0.2, -0.15) is 0 Å². The zero-order valence-corrected chi connectivity index (χ0v) is 15.8. The molecule has 1 amide bonds. The molecule has 0 unspecified atom stereocenters. The molecule has 0 saturated heterocycles. The largest absolute Gasteiger partial charge is 0.346 e. The maximum Gasteiger partial charge on any atom is 0.222 e. The van der Waals surface area contributed by atoms with Gasteiger partial charge < -0.3 is 9.88 Å². The summed E-state index contributed by atoms with van der Waals surface area (Å²) in [6.45, 7) is 3.94. The lowest BCUT2D eigenvalue weighted by Gasteiger charge is -2.13. The van der Waals surface area contributed by atoms with Crippen molar-refractivity contribution in [2.45, 2.75) is 32.9 Å². The lowest BCUT2D eigenvalue weighted by molar-refractivity contribution is -0.122. The van der Waals surface area contributed by atoms with Crippen molar-refractivity contribution in [1.29, 1.82) is 0 Å². The van der Waals surface area contributed by atoms with Crippen molar-refractivity contribution in [2.24, 2.45) is 0 Å². The van der Waals surface area contributed by atoms with Gasteiger partial charge in [0.2, 0.25) is 5.91 Å². The van der Waals surface area contributed by atoms with Crippen molar-refractivity contribution < 1.29 is 9.59 Å². The minimum atomic E-state index is -0.265. The van der Waals surface area contributed by atoms with Crippen LogP contribution in [0.1, 0.15) is 42.5 Å². The third-order valence-electron chi connectivity index (χ3n) is 4.85. The number of Topliss-reactive ketones (excluding diaryl/α,β-unsaturated/α-hetero) is 1. The van der Waals surface area contributed by atoms with E-state index in [0.29, 0.717) is 24.4 Å². The van der Waals surface area contributed by atoms with Gasteiger partial charge in [0, 0.05) is 41.8 Å². The predicted molar refractivity (Wildman–Crippen MR) is 106 cm³/mol. The number of hydrogen-bond acceptors (Lipinski definition) is 4. The van der Waals surface area contributed by atoms with Crippen LogP contribution in [0.15, 0.2) is 54.9 Å². The van der Waals surface area contributed by atoms with Crippen LogP contribution in [-0.4, -0.2) is 30.9 Å². The highest BCUT2D eigenvalue weighted by atomic mass is 16.1. The highest BCUT2D eigenvalue weighted by Crippen LogP contribution is 2.22. The zero-order valence-electron chi connectivity index (χ0n) is 15.8. The fourth-order valence-corrected chi connectivity index (χ4v) is 3.47. The molecule has 0 spiro atoms. The molecule has 0 bridgehead atoms. The monoisotopic (exact) mass is 375 g/mol. The van der Waals surface area contributed by atoms with Gasteiger partial charge in [-0.15, -0.1) is 10.2 Å². The number of pyridine rings is 1. The van der Waals surface area contributed by atoms with E-state index in [4.69, 9.17) is 0 Å². The Kier molecular flexibility index (Phi) is 4.65. The van der Waals surface area contributed by atoms with E-state index in [9.17, 15) is 9.59 Å². The fourth-order valence-electron chi connectivity index (χ4n) is 3.47. The van der Waals surface area contributed by atoms with Crippen LogP contribution in [0, 0.1) is 0 Å². The maximum atomic E-state index is 12.5. The highest BCUT2D eigenvalue weighted by Gasteiger charge is 2.16. The van der Waals surface area contributed by atoms with Gasteiger partial charge in [0.1, 0.15) is 0 Å². The molecule has 3 heterocycles. The van der Waals surface area contributed by atoms with Crippen LogP contribution in [0.4, 0.5) is 0 Å². The molecule has 28 heavy (non-hydrogen) atoms. The van der Waals surface area contributed by atoms with Crippen molar-refractivity contribution in [3.8, 4) is 0 Å². The number of hydrogen-bond donors (Lipinski definition) is 1. The summed E-state index contributed by atoms with van der Waals surface area (Å²) >= 11 is 0. The van der Waals surface area contributed by atoms with E-state index in [2.05, 4.69) is 15.5 Å². The number of nitrogens with zero attached hydrogens (tertiary/aromatic N) is 4. The third kappa shape index (κ3) is 3.26. The van der Waals surface area contributed by atoms with Gasteiger partial charge in [-0.05, 0) is 32.0 Å². The van der Waals surface area contributed by atoms with Crippen molar-refractivity contribution in [2.75, 3.05) is 0 Å². The molecular formula is C21H21N5O2. The number of ketones is 1. The lowest BCUT2D eigenvalue weighted by atomic mass is 10.1. The second kappa shape index (κ2) is 7.26. The Labute approximate surface area is 162 Å². The number of aromatic nitrogens is 4. The first kappa shape index (κ1) is 17.9. The van der Waals surface area contributed by atoms with Gasteiger partial charge >= 0.3 is 0 Å². The molecular weight excluding hydrogens is 354 g/mol. The summed E-state index contributed by atoms with van der Waals surface area (Å²) in [4.78, 5) is 24.4. The van der Waals surface area contributed by atoms with Crippen molar-refractivity contribution in [3.05, 3.63) is 66.2 Å². The quantitative estimate of drug-likeness (QED) is 0.525. The predicted octanol–water partition coefficient (Wildman–Crippen LogP) is 3.15. The molecule has 0 saturated carbocycles. The normalized spacial score (nSPS) is 12.4. The number of carbonyl (C=O) groups excluding carboxylic acids is 2. The van der Waals surface area contributed by atoms with Crippen LogP contribution in [0.25, 0.3) is 16.6 Å². The number of fused-ring (bicyclic) bond motifs is 2. The summed E-state index contributed by atoms with van der Waals surface area (Å²) in [7, 11) is 0. The molecule has 0 aliphatic carbocycles. The molecule has 0 radical (unpaired) electrons. The summed E-state index contributed by atoms with van der Waals surface area (Å²) < 4.78 is 3.83. The molecule has 4 rings (SSSR count). The van der Waals surface area contributed by atoms with Crippen LogP contribution >= 0.6 is 0 Å². The van der Waals surface area contributed by atoms with Crippen molar-refractivity contribution >= 4 is 28.2 Å². The van der Waals surface area contributed by atoms with E-state index < -0.39 is 0 Å². The molecule has 1 N–H and O–H groups in total. The number of carbonyl (C=O) groups is 2. The summed E-state index contributed by atoms with van der Waals surface area (Å²) in [5, 5.41) is 12.2. The van der Waals surface area contributed by atoms with Gasteiger partial charge in [-0.3, -0.25) is 14.0 Å². The first-order valence-electron chi connectivity index (χ1n) is 9.22. The lowest BCUT2D eigenvalue weighted by Crippen LogP contribution is -2.28. The van der Waals surface area contributed by atoms with Crippen molar-refractivity contribution in [1.82, 2.24) is 24.5 Å². The van der Waals surface area contributed by atoms with Crippen LogP contribution in [0.3, 0.4) is 0 Å². The van der Waals surface area contributed by atoms with Crippen LogP contribution in [-0.2, 0) is 11.3 Å². The molecule has 4 aromatic rings. The van der Waals surface area contributed by atoms with Gasteiger partial charge in [-0.25, -0.2) is 0 Å². The van der Waals surface area contributed by atoms with Crippen LogP contribution in [0.5, 0.6) is 0 Å². The van der Waals surface area contributed by atoms with Gasteiger partial charge in [-0.1, -0.05) is 24.3 Å². The van der Waals surface area contributed by atoms with Crippen LogP contribution in [0.2, 0.25) is 0 Å². The second-order valence-electron chi connectivity index (χ2n) is 6.84. The second-order valence-corrected chi connectivity index (χ2v) is 6.84. The number of nitrogens with one attached hydrogen (secondary N) is 1. The van der Waals surface area contributed by atoms with Gasteiger partial charge in [0.15, 0.2) is 17.3 Å². The smallest absolute Gasteiger partial charge is 0.222 e. The number of para-hydroxylation sites is 1. The Morgan fingerprint density at radius 3 is 2.71 bits per heavy atom. The average Bonchev–Trinajstić information content (AvgIpc) is 3.28. The number of benzene rings is 1. The minimum absolute atomic E-state index is 0.0201. The molecule has 1 atom stereocenters. The molecule has 7 heteroatoms. The Morgan fingerprint density at radius 1 is 1.11 bits per heavy atom. The molecule has 7 nitrogen and oxygen atoms in total. The Balaban J connectivity index is 1.46. The van der Waals surface area contributed by atoms with Gasteiger partial charge in [0.25, 0.3) is 0 Å². The van der Waals surface area contributed by atoms with Gasteiger partial charge in [0.05, 0.1) is 6.04 Å². The highest BCUT2D eigenvalue weighted by molar-refractivity contribution is 6.06. The molecule has 3 aromatic heterocycles. The number of rotatable bonds is 6. The summed E-state index contributed by atoms with van der Waals surface area (Å²) in [6, 6.07) is 13.1. The Morgan fingerprint density at radius 2 is 1.89 bits per heavy atom. The Hall–Kier alpha value is -3.48. The zero-order chi connectivity index (χ0) is 19.7. The summed E-state index contributed by atoms with van der Waals surface area (Å²) in [6.07, 6.45) is 4.01. The standard InChI is InChI=1S/C21H21N5O2/c1-14(21-24-23-19-9-5-6-11-26(19)21)22-20(28)10-12-25-13-17(15(2)27)16-7-3-4-8-18(16)25/h3-9,11,13-14H,10,12H2,1-2H3,(H,22,28)/t14-/m0/s1. The van der Waals surface area contributed by atoms with E-state index in [0.717, 1.165) is 16.6 Å². The van der Waals surface area contributed by atoms with E-state index in [1.54, 1.807) is 6.92 Å². The van der Waals surface area contributed by atoms with E-state index in [-0.39, 0.29) is 17.7 Å².